The van der Waals surface area contributed by atoms with Crippen LogP contribution < -0.4 is 11.1 Å². The van der Waals surface area contributed by atoms with Gasteiger partial charge in [-0.1, -0.05) is 12.1 Å². The quantitative estimate of drug-likeness (QED) is 0.851. The van der Waals surface area contributed by atoms with E-state index in [1.54, 1.807) is 31.2 Å². The fourth-order valence-electron chi connectivity index (χ4n) is 1.85. The highest BCUT2D eigenvalue weighted by Gasteiger charge is 2.12. The fraction of sp³-hybridized carbons (Fsp3) is 0.133. The van der Waals surface area contributed by atoms with E-state index in [0.717, 1.165) is 11.8 Å². The number of hydrogen-bond donors (Lipinski definition) is 2. The lowest BCUT2D eigenvalue weighted by atomic mass is 10.1. The van der Waals surface area contributed by atoms with Crippen LogP contribution in [0.2, 0.25) is 0 Å². The summed E-state index contributed by atoms with van der Waals surface area (Å²) in [5, 5.41) is 2.73. The summed E-state index contributed by atoms with van der Waals surface area (Å²) in [7, 11) is -3.35. The predicted molar refractivity (Wildman–Crippen MR) is 83.1 cm³/mol. The number of nitrogen functional groups attached to an aromatic ring is 1. The second-order valence-corrected chi connectivity index (χ2v) is 6.79. The van der Waals surface area contributed by atoms with Crippen molar-refractivity contribution in [1.29, 1.82) is 0 Å². The first kappa shape index (κ1) is 15.1. The summed E-state index contributed by atoms with van der Waals surface area (Å²) < 4.78 is 23.0. The molecule has 2 rings (SSSR count). The van der Waals surface area contributed by atoms with Gasteiger partial charge in [0, 0.05) is 23.2 Å². The number of nitrogens with one attached hydrogen (secondary N) is 1. The van der Waals surface area contributed by atoms with Crippen molar-refractivity contribution in [3.05, 3.63) is 53.6 Å². The summed E-state index contributed by atoms with van der Waals surface area (Å²) in [4.78, 5) is 12.3. The van der Waals surface area contributed by atoms with E-state index in [2.05, 4.69) is 5.32 Å². The van der Waals surface area contributed by atoms with Gasteiger partial charge < -0.3 is 11.1 Å². The Kier molecular flexibility index (Phi) is 3.99. The Balaban J connectivity index is 2.31. The molecule has 0 aliphatic carbocycles. The molecule has 21 heavy (non-hydrogen) atoms. The maximum atomic E-state index is 12.2. The van der Waals surface area contributed by atoms with Crippen molar-refractivity contribution < 1.29 is 13.2 Å². The first-order chi connectivity index (χ1) is 9.79. The SMILES string of the molecule is Cc1c(N)cccc1NC(=O)c1cccc(S(C)(=O)=O)c1. The largest absolute Gasteiger partial charge is 0.398 e. The van der Waals surface area contributed by atoms with E-state index in [9.17, 15) is 13.2 Å². The number of anilines is 2. The van der Waals surface area contributed by atoms with Gasteiger partial charge in [0.05, 0.1) is 4.90 Å². The third-order valence-electron chi connectivity index (χ3n) is 3.15. The number of sulfone groups is 1. The number of benzene rings is 2. The van der Waals surface area contributed by atoms with Crippen LogP contribution in [0.3, 0.4) is 0 Å². The van der Waals surface area contributed by atoms with Crippen LogP contribution in [0.15, 0.2) is 47.4 Å². The second kappa shape index (κ2) is 5.57. The van der Waals surface area contributed by atoms with Crippen LogP contribution in [0.5, 0.6) is 0 Å². The molecule has 0 unspecified atom stereocenters. The van der Waals surface area contributed by atoms with E-state index in [1.807, 2.05) is 0 Å². The number of carbonyl (C=O) groups excluding carboxylic acids is 1. The Morgan fingerprint density at radius 3 is 2.48 bits per heavy atom. The first-order valence-corrected chi connectivity index (χ1v) is 8.15. The molecule has 0 heterocycles. The lowest BCUT2D eigenvalue weighted by Crippen LogP contribution is -2.14. The Morgan fingerprint density at radius 1 is 1.14 bits per heavy atom. The van der Waals surface area contributed by atoms with Gasteiger partial charge in [-0.15, -0.1) is 0 Å². The zero-order valence-electron chi connectivity index (χ0n) is 11.8. The summed E-state index contributed by atoms with van der Waals surface area (Å²) in [6, 6.07) is 11.1. The molecule has 0 bridgehead atoms. The average Bonchev–Trinajstić information content (AvgIpc) is 2.43. The molecule has 0 saturated heterocycles. The number of rotatable bonds is 3. The molecule has 0 atom stereocenters. The van der Waals surface area contributed by atoms with Crippen LogP contribution in [-0.4, -0.2) is 20.6 Å². The number of nitrogens with two attached hydrogens (primary N) is 1. The molecule has 0 saturated carbocycles. The van der Waals surface area contributed by atoms with Gasteiger partial charge in [0.1, 0.15) is 0 Å². The van der Waals surface area contributed by atoms with Crippen molar-refractivity contribution in [1.82, 2.24) is 0 Å². The molecular weight excluding hydrogens is 288 g/mol. The molecular formula is C15H16N2O3S. The molecule has 0 spiro atoms. The summed E-state index contributed by atoms with van der Waals surface area (Å²) in [6.07, 6.45) is 1.10. The Morgan fingerprint density at radius 2 is 1.81 bits per heavy atom. The summed E-state index contributed by atoms with van der Waals surface area (Å²) >= 11 is 0. The maximum Gasteiger partial charge on any atom is 0.255 e. The summed E-state index contributed by atoms with van der Waals surface area (Å²) in [6.45, 7) is 1.80. The van der Waals surface area contributed by atoms with Gasteiger partial charge in [-0.05, 0) is 42.8 Å². The number of amides is 1. The zero-order valence-corrected chi connectivity index (χ0v) is 12.6. The molecule has 2 aromatic carbocycles. The highest BCUT2D eigenvalue weighted by molar-refractivity contribution is 7.90. The molecule has 110 valence electrons. The van der Waals surface area contributed by atoms with E-state index < -0.39 is 9.84 Å². The molecule has 0 aliphatic rings. The van der Waals surface area contributed by atoms with E-state index >= 15 is 0 Å². The van der Waals surface area contributed by atoms with Gasteiger partial charge in [0.15, 0.2) is 9.84 Å². The van der Waals surface area contributed by atoms with Crippen LogP contribution in [-0.2, 0) is 9.84 Å². The normalized spacial score (nSPS) is 11.1. The average molecular weight is 304 g/mol. The smallest absolute Gasteiger partial charge is 0.255 e. The number of carbonyl (C=O) groups is 1. The fourth-order valence-corrected chi connectivity index (χ4v) is 2.52. The molecule has 0 aliphatic heterocycles. The Labute approximate surface area is 123 Å². The van der Waals surface area contributed by atoms with Gasteiger partial charge >= 0.3 is 0 Å². The zero-order chi connectivity index (χ0) is 15.6. The third-order valence-corrected chi connectivity index (χ3v) is 4.26. The highest BCUT2D eigenvalue weighted by atomic mass is 32.2. The Bertz CT molecular complexity index is 798. The topological polar surface area (TPSA) is 89.3 Å². The van der Waals surface area contributed by atoms with E-state index in [4.69, 9.17) is 5.73 Å². The van der Waals surface area contributed by atoms with Gasteiger partial charge in [-0.2, -0.15) is 0 Å². The minimum Gasteiger partial charge on any atom is -0.398 e. The summed E-state index contributed by atoms with van der Waals surface area (Å²) in [5.41, 5.74) is 8.01. The molecule has 6 heteroatoms. The minimum atomic E-state index is -3.35. The molecule has 0 radical (unpaired) electrons. The van der Waals surface area contributed by atoms with Gasteiger partial charge in [0.2, 0.25) is 0 Å². The lowest BCUT2D eigenvalue weighted by Gasteiger charge is -2.10. The number of hydrogen-bond acceptors (Lipinski definition) is 4. The van der Waals surface area contributed by atoms with E-state index in [-0.39, 0.29) is 16.4 Å². The third kappa shape index (κ3) is 3.41. The van der Waals surface area contributed by atoms with E-state index in [1.165, 1.54) is 18.2 Å². The minimum absolute atomic E-state index is 0.111. The molecule has 3 N–H and O–H groups in total. The molecule has 2 aromatic rings. The first-order valence-electron chi connectivity index (χ1n) is 6.25. The molecule has 0 aromatic heterocycles. The van der Waals surface area contributed by atoms with Crippen molar-refractivity contribution in [2.45, 2.75) is 11.8 Å². The highest BCUT2D eigenvalue weighted by Crippen LogP contribution is 2.21. The van der Waals surface area contributed by atoms with Crippen molar-refractivity contribution in [3.63, 3.8) is 0 Å². The van der Waals surface area contributed by atoms with Crippen LogP contribution in [0.1, 0.15) is 15.9 Å². The van der Waals surface area contributed by atoms with Crippen LogP contribution in [0, 0.1) is 6.92 Å². The van der Waals surface area contributed by atoms with Gasteiger partial charge in [-0.3, -0.25) is 4.79 Å². The predicted octanol–water partition coefficient (Wildman–Crippen LogP) is 2.23. The van der Waals surface area contributed by atoms with Crippen LogP contribution in [0.4, 0.5) is 11.4 Å². The summed E-state index contributed by atoms with van der Waals surface area (Å²) in [5.74, 6) is -0.380. The van der Waals surface area contributed by atoms with Crippen LogP contribution in [0.25, 0.3) is 0 Å². The monoisotopic (exact) mass is 304 g/mol. The molecule has 5 nitrogen and oxygen atoms in total. The van der Waals surface area contributed by atoms with Crippen molar-refractivity contribution in [2.75, 3.05) is 17.3 Å². The maximum absolute atomic E-state index is 12.2. The van der Waals surface area contributed by atoms with Crippen molar-refractivity contribution in [2.24, 2.45) is 0 Å². The lowest BCUT2D eigenvalue weighted by molar-refractivity contribution is 0.102. The van der Waals surface area contributed by atoms with Crippen LogP contribution >= 0.6 is 0 Å². The van der Waals surface area contributed by atoms with Crippen molar-refractivity contribution in [3.8, 4) is 0 Å². The Hall–Kier alpha value is -2.34. The second-order valence-electron chi connectivity index (χ2n) is 4.77. The van der Waals surface area contributed by atoms with Gasteiger partial charge in [0.25, 0.3) is 5.91 Å². The standard InChI is InChI=1S/C15H16N2O3S/c1-10-13(16)7-4-8-14(10)17-15(18)11-5-3-6-12(9-11)21(2,19)20/h3-9H,16H2,1-2H3,(H,17,18). The van der Waals surface area contributed by atoms with Gasteiger partial charge in [-0.25, -0.2) is 8.42 Å². The molecule has 1 amide bonds. The van der Waals surface area contributed by atoms with E-state index in [0.29, 0.717) is 11.4 Å². The molecule has 0 fully saturated rings. The van der Waals surface area contributed by atoms with Crippen molar-refractivity contribution >= 4 is 27.1 Å².